The predicted molar refractivity (Wildman–Crippen MR) is 171 cm³/mol. The van der Waals surface area contributed by atoms with Gasteiger partial charge in [0.1, 0.15) is 24.4 Å². The maximum atomic E-state index is 13.8. The van der Waals surface area contributed by atoms with Crippen molar-refractivity contribution in [2.45, 2.75) is 42.2 Å². The molecule has 5 rings (SSSR count). The van der Waals surface area contributed by atoms with Crippen LogP contribution in [0.2, 0.25) is 10.0 Å². The van der Waals surface area contributed by atoms with Gasteiger partial charge >= 0.3 is 12.6 Å². The molecular weight excluding hydrogens is 690 g/mol. The Labute approximate surface area is 279 Å². The summed E-state index contributed by atoms with van der Waals surface area (Å²) in [5, 5.41) is 13.1. The molecule has 1 aliphatic heterocycles. The summed E-state index contributed by atoms with van der Waals surface area (Å²) in [5.41, 5.74) is 0.879. The summed E-state index contributed by atoms with van der Waals surface area (Å²) < 4.78 is 45.7. The fourth-order valence-corrected chi connectivity index (χ4v) is 8.35. The van der Waals surface area contributed by atoms with E-state index in [0.29, 0.717) is 35.9 Å². The molecule has 2 unspecified atom stereocenters. The number of alkyl halides is 2. The predicted octanol–water partition coefficient (Wildman–Crippen LogP) is 5.97. The minimum absolute atomic E-state index is 0.0258. The highest BCUT2D eigenvalue weighted by molar-refractivity contribution is 8.03. The molecule has 0 spiro atoms. The van der Waals surface area contributed by atoms with E-state index in [1.165, 1.54) is 54.3 Å². The minimum atomic E-state index is -3.05. The summed E-state index contributed by atoms with van der Waals surface area (Å²) in [4.78, 5) is 24.9. The topological polar surface area (TPSA) is 104 Å². The molecule has 1 saturated heterocycles. The molecular formula is C29H31Cl2F2N3O6PS2+. The lowest BCUT2D eigenvalue weighted by Gasteiger charge is -2.25. The van der Waals surface area contributed by atoms with Gasteiger partial charge in [-0.2, -0.15) is 8.78 Å². The van der Waals surface area contributed by atoms with Crippen LogP contribution in [0.15, 0.2) is 59.8 Å². The molecule has 0 bridgehead atoms. The van der Waals surface area contributed by atoms with E-state index in [4.69, 9.17) is 37.4 Å². The van der Waals surface area contributed by atoms with Crippen LogP contribution in [0.4, 0.5) is 8.78 Å². The Morgan fingerprint density at radius 3 is 2.64 bits per heavy atom. The van der Waals surface area contributed by atoms with Gasteiger partial charge in [-0.1, -0.05) is 41.4 Å². The lowest BCUT2D eigenvalue weighted by molar-refractivity contribution is -0.904. The Morgan fingerprint density at radius 2 is 1.96 bits per heavy atom. The molecule has 242 valence electrons. The number of rotatable bonds is 14. The first-order valence-corrected chi connectivity index (χ1v) is 17.8. The number of esters is 1. The second-order valence-corrected chi connectivity index (χ2v) is 15.0. The number of hydrogen-bond donors (Lipinski definition) is 3. The highest BCUT2D eigenvalue weighted by Gasteiger charge is 2.36. The molecule has 2 heterocycles. The van der Waals surface area contributed by atoms with Gasteiger partial charge in [0.2, 0.25) is 12.4 Å². The Bertz CT molecular complexity index is 1490. The maximum Gasteiger partial charge on any atom is 0.387 e. The lowest BCUT2D eigenvalue weighted by atomic mass is 10.0. The van der Waals surface area contributed by atoms with Gasteiger partial charge in [-0.3, -0.25) is 10.3 Å². The number of nitrogens with one attached hydrogen (secondary N) is 1. The number of pyridine rings is 1. The fraction of sp³-hybridized carbons (Fsp3) is 0.379. The van der Waals surface area contributed by atoms with Crippen molar-refractivity contribution < 1.29 is 42.6 Å². The van der Waals surface area contributed by atoms with Gasteiger partial charge < -0.3 is 19.1 Å². The van der Waals surface area contributed by atoms with E-state index < -0.39 is 32.4 Å². The number of benzene rings is 2. The van der Waals surface area contributed by atoms with E-state index in [1.54, 1.807) is 7.05 Å². The summed E-state index contributed by atoms with van der Waals surface area (Å²) in [6.07, 6.45) is 3.59. The third-order valence-electron chi connectivity index (χ3n) is 6.99. The van der Waals surface area contributed by atoms with Gasteiger partial charge in [0.15, 0.2) is 16.9 Å². The molecule has 2 aliphatic rings. The largest absolute Gasteiger partial charge is 0.489 e. The van der Waals surface area contributed by atoms with Crippen LogP contribution < -0.4 is 24.6 Å². The van der Waals surface area contributed by atoms with Crippen LogP contribution in [0.1, 0.15) is 30.1 Å². The molecule has 1 aromatic heterocycles. The van der Waals surface area contributed by atoms with Crippen molar-refractivity contribution in [2.24, 2.45) is 5.92 Å². The fourth-order valence-electron chi connectivity index (χ4n) is 4.54. The maximum absolute atomic E-state index is 13.8. The Hall–Kier alpha value is -2.09. The molecule has 1 aliphatic carbocycles. The van der Waals surface area contributed by atoms with Crippen molar-refractivity contribution in [2.75, 3.05) is 26.0 Å². The molecule has 0 radical (unpaired) electrons. The van der Waals surface area contributed by atoms with Crippen LogP contribution in [-0.2, 0) is 16.0 Å². The van der Waals surface area contributed by atoms with Crippen LogP contribution in [0.5, 0.6) is 11.5 Å². The summed E-state index contributed by atoms with van der Waals surface area (Å²) in [6, 6.07) is 11.9. The summed E-state index contributed by atoms with van der Waals surface area (Å²) in [7, 11) is 0.192. The zero-order valence-electron chi connectivity index (χ0n) is 23.9. The van der Waals surface area contributed by atoms with Gasteiger partial charge in [-0.05, 0) is 67.6 Å². The van der Waals surface area contributed by atoms with Crippen LogP contribution in [0.25, 0.3) is 0 Å². The Balaban J connectivity index is 1.41. The number of nitrogens with zero attached hydrogens (tertiary/aromatic N) is 2. The second-order valence-electron chi connectivity index (χ2n) is 10.3. The summed E-state index contributed by atoms with van der Waals surface area (Å²) >= 11 is 15.7. The normalized spacial score (nSPS) is 18.2. The molecule has 3 aromatic rings. The van der Waals surface area contributed by atoms with Crippen molar-refractivity contribution >= 4 is 66.5 Å². The molecule has 2 aromatic carbocycles. The first-order chi connectivity index (χ1) is 21.6. The summed E-state index contributed by atoms with van der Waals surface area (Å²) in [5.74, 6) is 0.500. The van der Waals surface area contributed by atoms with Crippen molar-refractivity contribution in [1.29, 1.82) is 0 Å². The lowest BCUT2D eigenvalue weighted by Crippen LogP contribution is -2.32. The van der Waals surface area contributed by atoms with E-state index in [9.17, 15) is 23.7 Å². The van der Waals surface area contributed by atoms with Gasteiger partial charge in [0.25, 0.3) is 0 Å². The van der Waals surface area contributed by atoms with E-state index in [1.807, 2.05) is 28.6 Å². The summed E-state index contributed by atoms with van der Waals surface area (Å²) in [6.45, 7) is -2.10. The average molecular weight is 722 g/mol. The van der Waals surface area contributed by atoms with E-state index in [2.05, 4.69) is 5.09 Å². The quantitative estimate of drug-likeness (QED) is 0.0607. The first-order valence-electron chi connectivity index (χ1n) is 13.9. The number of hydrogen-bond acceptors (Lipinski definition) is 10. The third-order valence-corrected chi connectivity index (χ3v) is 11.2. The highest BCUT2D eigenvalue weighted by atomic mass is 35.5. The Kier molecular flexibility index (Phi) is 11.9. The minimum Gasteiger partial charge on any atom is -0.489 e. The van der Waals surface area contributed by atoms with E-state index >= 15 is 0 Å². The monoisotopic (exact) mass is 720 g/mol. The number of carbonyl (C=O) groups is 1. The van der Waals surface area contributed by atoms with Crippen molar-refractivity contribution in [1.82, 2.24) is 9.39 Å². The molecule has 9 nitrogen and oxygen atoms in total. The Morgan fingerprint density at radius 1 is 1.20 bits per heavy atom. The number of halogens is 4. The molecule has 3 atom stereocenters. The standard InChI is InChI=1S/C29H31Cl2F2N3O6PS2/c1-34-43(39)19-3-2-4-20(12-19)45-36-9-10-44-27(36)28(37)41-25(13-21-22(30)14-35(38)15-23(21)31)18-7-8-24(42-29(32)33)26(11-18)40-16-17-5-6-17/h2-4,7-8,11-12,14-15,17,25,27,29,34,38-39H,5-6,9-10,13,16H2,1H3/q+1/t25-,27?,43?/m0/s1. The van der Waals surface area contributed by atoms with Crippen LogP contribution in [-0.4, -0.2) is 58.3 Å². The van der Waals surface area contributed by atoms with Crippen molar-refractivity contribution in [3.05, 3.63) is 76.0 Å². The first kappa shape index (κ1) is 34.3. The van der Waals surface area contributed by atoms with Gasteiger partial charge in [-0.15, -0.1) is 11.8 Å². The number of carbonyl (C=O) groups excluding carboxylic acids is 1. The number of ether oxygens (including phenoxy) is 3. The van der Waals surface area contributed by atoms with Gasteiger partial charge in [0, 0.05) is 39.2 Å². The number of aromatic nitrogens is 1. The average Bonchev–Trinajstić information content (AvgIpc) is 3.72. The number of thioether (sulfide) groups is 1. The molecule has 16 heteroatoms. The smallest absolute Gasteiger partial charge is 0.387 e. The zero-order chi connectivity index (χ0) is 32.1. The van der Waals surface area contributed by atoms with Crippen LogP contribution >= 0.6 is 55.2 Å². The molecule has 0 amide bonds. The van der Waals surface area contributed by atoms with Crippen molar-refractivity contribution in [3.63, 3.8) is 0 Å². The van der Waals surface area contributed by atoms with Gasteiger partial charge in [-0.25, -0.2) is 9.10 Å². The highest BCUT2D eigenvalue weighted by Crippen LogP contribution is 2.40. The van der Waals surface area contributed by atoms with Gasteiger partial charge in [0.05, 0.1) is 6.61 Å². The molecule has 3 N–H and O–H groups in total. The van der Waals surface area contributed by atoms with Crippen LogP contribution in [0, 0.1) is 5.92 Å². The molecule has 2 fully saturated rings. The van der Waals surface area contributed by atoms with E-state index in [0.717, 1.165) is 27.8 Å². The van der Waals surface area contributed by atoms with Crippen molar-refractivity contribution in [3.8, 4) is 11.5 Å². The molecule has 45 heavy (non-hydrogen) atoms. The third kappa shape index (κ3) is 9.26. The van der Waals surface area contributed by atoms with Crippen LogP contribution in [0.3, 0.4) is 0 Å². The second kappa shape index (κ2) is 15.7. The van der Waals surface area contributed by atoms with E-state index in [-0.39, 0.29) is 28.0 Å². The zero-order valence-corrected chi connectivity index (χ0v) is 28.0. The SMILES string of the molecule is CNP(O)c1cccc(SN2CCSC2C(=O)O[C@@H](Cc2c(Cl)c[n+](O)cc2Cl)c2ccc(OC(F)F)c(OCC3CC3)c2)c1. The molecule has 1 saturated carbocycles.